The molecule has 0 unspecified atom stereocenters. The Morgan fingerprint density at radius 3 is 2.76 bits per heavy atom. The van der Waals surface area contributed by atoms with E-state index < -0.39 is 0 Å². The molecule has 94 valence electrons. The summed E-state index contributed by atoms with van der Waals surface area (Å²) in [6, 6.07) is 4.51. The normalized spacial score (nSPS) is 16.4. The molecule has 0 spiro atoms. The van der Waals surface area contributed by atoms with Crippen LogP contribution in [0.25, 0.3) is 0 Å². The highest BCUT2D eigenvalue weighted by Gasteiger charge is 2.10. The molecule has 1 fully saturated rings. The Morgan fingerprint density at radius 1 is 1.29 bits per heavy atom. The third-order valence-electron chi connectivity index (χ3n) is 2.97. The summed E-state index contributed by atoms with van der Waals surface area (Å²) in [5.41, 5.74) is 0. The Labute approximate surface area is 110 Å². The highest BCUT2D eigenvalue weighted by Crippen LogP contribution is 2.25. The summed E-state index contributed by atoms with van der Waals surface area (Å²) < 4.78 is 19.1. The summed E-state index contributed by atoms with van der Waals surface area (Å²) in [4.78, 5) is 2.46. The van der Waals surface area contributed by atoms with Gasteiger partial charge in [-0.2, -0.15) is 0 Å². The molecule has 1 aromatic carbocycles. The van der Waals surface area contributed by atoms with Crippen molar-refractivity contribution >= 4 is 15.9 Å². The predicted octanol–water partition coefficient (Wildman–Crippen LogP) is 3.45. The SMILES string of the molecule is Fc1ccc(OCCCN2CCCC2)c(Br)c1. The van der Waals surface area contributed by atoms with Gasteiger partial charge in [-0.05, 0) is 66.5 Å². The molecule has 0 bridgehead atoms. The van der Waals surface area contributed by atoms with E-state index in [1.165, 1.54) is 38.1 Å². The molecule has 0 aromatic heterocycles. The van der Waals surface area contributed by atoms with Crippen LogP contribution in [-0.2, 0) is 0 Å². The van der Waals surface area contributed by atoms with E-state index in [1.54, 1.807) is 6.07 Å². The molecule has 1 heterocycles. The van der Waals surface area contributed by atoms with E-state index in [2.05, 4.69) is 20.8 Å². The van der Waals surface area contributed by atoms with E-state index >= 15 is 0 Å². The van der Waals surface area contributed by atoms with Crippen molar-refractivity contribution in [2.75, 3.05) is 26.2 Å². The van der Waals surface area contributed by atoms with Crippen LogP contribution in [0.4, 0.5) is 4.39 Å². The molecular weight excluding hydrogens is 285 g/mol. The van der Waals surface area contributed by atoms with E-state index in [0.717, 1.165) is 13.0 Å². The smallest absolute Gasteiger partial charge is 0.133 e. The van der Waals surface area contributed by atoms with E-state index in [0.29, 0.717) is 16.8 Å². The molecule has 1 aliphatic rings. The van der Waals surface area contributed by atoms with Gasteiger partial charge in [-0.15, -0.1) is 0 Å². The number of hydrogen-bond acceptors (Lipinski definition) is 2. The minimum atomic E-state index is -0.249. The van der Waals surface area contributed by atoms with Crippen LogP contribution in [0.15, 0.2) is 22.7 Å². The summed E-state index contributed by atoms with van der Waals surface area (Å²) in [5.74, 6) is 0.467. The van der Waals surface area contributed by atoms with Gasteiger partial charge in [0.25, 0.3) is 0 Å². The zero-order valence-corrected chi connectivity index (χ0v) is 11.4. The zero-order valence-electron chi connectivity index (χ0n) is 9.79. The molecule has 0 N–H and O–H groups in total. The lowest BCUT2D eigenvalue weighted by atomic mass is 10.3. The number of benzene rings is 1. The lowest BCUT2D eigenvalue weighted by Gasteiger charge is -2.14. The average Bonchev–Trinajstić information content (AvgIpc) is 2.79. The topological polar surface area (TPSA) is 12.5 Å². The Balaban J connectivity index is 1.70. The fourth-order valence-corrected chi connectivity index (χ4v) is 2.53. The molecule has 0 aliphatic carbocycles. The highest BCUT2D eigenvalue weighted by atomic mass is 79.9. The van der Waals surface area contributed by atoms with Crippen molar-refractivity contribution in [3.05, 3.63) is 28.5 Å². The summed E-state index contributed by atoms with van der Waals surface area (Å²) in [5, 5.41) is 0. The van der Waals surface area contributed by atoms with Crippen molar-refractivity contribution in [1.29, 1.82) is 0 Å². The summed E-state index contributed by atoms with van der Waals surface area (Å²) >= 11 is 3.29. The van der Waals surface area contributed by atoms with Gasteiger partial charge in [0.05, 0.1) is 11.1 Å². The first-order valence-corrected chi connectivity index (χ1v) is 6.85. The van der Waals surface area contributed by atoms with Gasteiger partial charge in [0, 0.05) is 6.54 Å². The molecule has 1 aromatic rings. The Bertz CT molecular complexity index is 366. The van der Waals surface area contributed by atoms with Gasteiger partial charge in [-0.3, -0.25) is 0 Å². The second-order valence-corrected chi connectivity index (χ2v) is 5.18. The highest BCUT2D eigenvalue weighted by molar-refractivity contribution is 9.10. The second-order valence-electron chi connectivity index (χ2n) is 4.33. The van der Waals surface area contributed by atoms with Crippen LogP contribution < -0.4 is 4.74 Å². The molecule has 4 heteroatoms. The first-order valence-electron chi connectivity index (χ1n) is 6.06. The van der Waals surface area contributed by atoms with Gasteiger partial charge in [-0.1, -0.05) is 0 Å². The van der Waals surface area contributed by atoms with Crippen molar-refractivity contribution in [2.45, 2.75) is 19.3 Å². The quantitative estimate of drug-likeness (QED) is 0.772. The number of hydrogen-bond donors (Lipinski definition) is 0. The fourth-order valence-electron chi connectivity index (χ4n) is 2.07. The van der Waals surface area contributed by atoms with Crippen molar-refractivity contribution in [3.63, 3.8) is 0 Å². The van der Waals surface area contributed by atoms with Crippen molar-refractivity contribution in [1.82, 2.24) is 4.90 Å². The Kier molecular flexibility index (Phi) is 4.80. The van der Waals surface area contributed by atoms with Crippen LogP contribution in [0.2, 0.25) is 0 Å². The molecule has 2 rings (SSSR count). The maximum atomic E-state index is 12.8. The lowest BCUT2D eigenvalue weighted by Crippen LogP contribution is -2.21. The third kappa shape index (κ3) is 3.96. The first kappa shape index (κ1) is 12.8. The van der Waals surface area contributed by atoms with Gasteiger partial charge in [0.15, 0.2) is 0 Å². The minimum Gasteiger partial charge on any atom is -0.492 e. The predicted molar refractivity (Wildman–Crippen MR) is 69.9 cm³/mol. The van der Waals surface area contributed by atoms with Gasteiger partial charge in [0.1, 0.15) is 11.6 Å². The van der Waals surface area contributed by atoms with Crippen LogP contribution in [0.1, 0.15) is 19.3 Å². The summed E-state index contributed by atoms with van der Waals surface area (Å²) in [6.45, 7) is 4.22. The largest absolute Gasteiger partial charge is 0.492 e. The molecule has 0 amide bonds. The third-order valence-corrected chi connectivity index (χ3v) is 3.59. The molecule has 17 heavy (non-hydrogen) atoms. The summed E-state index contributed by atoms with van der Waals surface area (Å²) in [7, 11) is 0. The first-order chi connectivity index (χ1) is 8.25. The van der Waals surface area contributed by atoms with Crippen LogP contribution >= 0.6 is 15.9 Å². The second kappa shape index (κ2) is 6.36. The number of halogens is 2. The monoisotopic (exact) mass is 301 g/mol. The average molecular weight is 302 g/mol. The number of ether oxygens (including phenoxy) is 1. The number of likely N-dealkylation sites (tertiary alicyclic amines) is 1. The Hall–Kier alpha value is -0.610. The number of nitrogens with zero attached hydrogens (tertiary/aromatic N) is 1. The van der Waals surface area contributed by atoms with E-state index in [-0.39, 0.29) is 5.82 Å². The fraction of sp³-hybridized carbons (Fsp3) is 0.538. The van der Waals surface area contributed by atoms with Crippen LogP contribution in [0, 0.1) is 5.82 Å². The molecule has 0 radical (unpaired) electrons. The van der Waals surface area contributed by atoms with Crippen LogP contribution in [0.3, 0.4) is 0 Å². The van der Waals surface area contributed by atoms with E-state index in [4.69, 9.17) is 4.74 Å². The van der Waals surface area contributed by atoms with E-state index in [9.17, 15) is 4.39 Å². The number of rotatable bonds is 5. The lowest BCUT2D eigenvalue weighted by molar-refractivity contribution is 0.262. The summed E-state index contributed by atoms with van der Waals surface area (Å²) in [6.07, 6.45) is 3.67. The Morgan fingerprint density at radius 2 is 2.06 bits per heavy atom. The molecular formula is C13H17BrFNO. The molecule has 0 atom stereocenters. The van der Waals surface area contributed by atoms with E-state index in [1.807, 2.05) is 0 Å². The molecule has 0 saturated carbocycles. The molecule has 1 saturated heterocycles. The molecule has 1 aliphatic heterocycles. The van der Waals surface area contributed by atoms with Crippen LogP contribution in [-0.4, -0.2) is 31.1 Å². The van der Waals surface area contributed by atoms with Crippen molar-refractivity contribution in [3.8, 4) is 5.75 Å². The van der Waals surface area contributed by atoms with Gasteiger partial charge in [0.2, 0.25) is 0 Å². The maximum Gasteiger partial charge on any atom is 0.133 e. The standard InChI is InChI=1S/C13H17BrFNO/c14-12-10-11(15)4-5-13(12)17-9-3-8-16-6-1-2-7-16/h4-5,10H,1-3,6-9H2. The zero-order chi connectivity index (χ0) is 12.1. The van der Waals surface area contributed by atoms with Crippen molar-refractivity contribution < 1.29 is 9.13 Å². The minimum absolute atomic E-state index is 0.249. The van der Waals surface area contributed by atoms with Crippen LogP contribution in [0.5, 0.6) is 5.75 Å². The van der Waals surface area contributed by atoms with Gasteiger partial charge < -0.3 is 9.64 Å². The van der Waals surface area contributed by atoms with Crippen molar-refractivity contribution in [2.24, 2.45) is 0 Å². The maximum absolute atomic E-state index is 12.8. The molecule has 2 nitrogen and oxygen atoms in total. The van der Waals surface area contributed by atoms with Gasteiger partial charge in [-0.25, -0.2) is 4.39 Å². The van der Waals surface area contributed by atoms with Gasteiger partial charge >= 0.3 is 0 Å².